The molecular formula is C11H6F3IO3S. The first-order valence-corrected chi connectivity index (χ1v) is 7.38. The Kier molecular flexibility index (Phi) is 3.65. The molecule has 0 spiro atoms. The van der Waals surface area contributed by atoms with Crippen molar-refractivity contribution in [3.05, 3.63) is 40.0 Å². The van der Waals surface area contributed by atoms with Crippen LogP contribution in [0.25, 0.3) is 10.8 Å². The van der Waals surface area contributed by atoms with Crippen molar-refractivity contribution in [2.45, 2.75) is 5.51 Å². The highest BCUT2D eigenvalue weighted by molar-refractivity contribution is 14.1. The van der Waals surface area contributed by atoms with E-state index in [1.54, 1.807) is 18.2 Å². The van der Waals surface area contributed by atoms with Crippen molar-refractivity contribution in [1.29, 1.82) is 0 Å². The van der Waals surface area contributed by atoms with Gasteiger partial charge in [-0.1, -0.05) is 12.1 Å². The molecule has 0 aliphatic carbocycles. The maximum Gasteiger partial charge on any atom is 0.534 e. The molecule has 0 aliphatic rings. The van der Waals surface area contributed by atoms with Crippen molar-refractivity contribution < 1.29 is 25.8 Å². The summed E-state index contributed by atoms with van der Waals surface area (Å²) in [5, 5.41) is 0.900. The molecule has 0 aliphatic heterocycles. The van der Waals surface area contributed by atoms with Gasteiger partial charge in [0, 0.05) is 8.96 Å². The molecule has 0 heterocycles. The van der Waals surface area contributed by atoms with Gasteiger partial charge in [0.2, 0.25) is 0 Å². The average molecular weight is 402 g/mol. The summed E-state index contributed by atoms with van der Waals surface area (Å²) >= 11 is 2.04. The fourth-order valence-electron chi connectivity index (χ4n) is 1.46. The van der Waals surface area contributed by atoms with E-state index in [9.17, 15) is 21.6 Å². The van der Waals surface area contributed by atoms with E-state index in [1.807, 2.05) is 22.6 Å². The van der Waals surface area contributed by atoms with Crippen LogP contribution in [0.15, 0.2) is 36.4 Å². The second-order valence-electron chi connectivity index (χ2n) is 3.60. The smallest absolute Gasteiger partial charge is 0.375 e. The Balaban J connectivity index is 2.53. The van der Waals surface area contributed by atoms with Crippen LogP contribution in [-0.4, -0.2) is 13.9 Å². The molecule has 0 radical (unpaired) electrons. The zero-order valence-electron chi connectivity index (χ0n) is 9.11. The fourth-order valence-corrected chi connectivity index (χ4v) is 2.45. The van der Waals surface area contributed by atoms with Crippen LogP contribution in [0.1, 0.15) is 0 Å². The summed E-state index contributed by atoms with van der Waals surface area (Å²) in [5.41, 5.74) is -5.45. The van der Waals surface area contributed by atoms with Crippen LogP contribution in [0, 0.1) is 3.57 Å². The first kappa shape index (κ1) is 14.4. The molecule has 0 amide bonds. The van der Waals surface area contributed by atoms with Crippen LogP contribution in [0.5, 0.6) is 5.75 Å². The third-order valence-electron chi connectivity index (χ3n) is 2.29. The van der Waals surface area contributed by atoms with Crippen LogP contribution in [0.2, 0.25) is 0 Å². The molecule has 0 saturated carbocycles. The summed E-state index contributed by atoms with van der Waals surface area (Å²) in [6, 6.07) is 9.14. The second kappa shape index (κ2) is 4.82. The number of alkyl halides is 3. The van der Waals surface area contributed by atoms with E-state index < -0.39 is 15.6 Å². The van der Waals surface area contributed by atoms with E-state index in [1.165, 1.54) is 18.2 Å². The maximum atomic E-state index is 12.3. The molecule has 0 saturated heterocycles. The number of fused-ring (bicyclic) bond motifs is 1. The molecular weight excluding hydrogens is 396 g/mol. The predicted molar refractivity (Wildman–Crippen MR) is 72.3 cm³/mol. The van der Waals surface area contributed by atoms with Crippen molar-refractivity contribution in [2.24, 2.45) is 0 Å². The van der Waals surface area contributed by atoms with E-state index >= 15 is 0 Å². The van der Waals surface area contributed by atoms with Gasteiger partial charge in [-0.15, -0.1) is 0 Å². The van der Waals surface area contributed by atoms with E-state index in [4.69, 9.17) is 0 Å². The van der Waals surface area contributed by atoms with Crippen LogP contribution in [-0.2, 0) is 10.1 Å². The molecule has 3 nitrogen and oxygen atoms in total. The highest BCUT2D eigenvalue weighted by Crippen LogP contribution is 2.32. The largest absolute Gasteiger partial charge is 0.534 e. The molecule has 0 unspecified atom stereocenters. The molecule has 2 aromatic carbocycles. The molecule has 0 atom stereocenters. The van der Waals surface area contributed by atoms with E-state index in [0.29, 0.717) is 10.8 Å². The van der Waals surface area contributed by atoms with Crippen molar-refractivity contribution in [1.82, 2.24) is 0 Å². The summed E-state index contributed by atoms with van der Waals surface area (Å²) < 4.78 is 63.8. The lowest BCUT2D eigenvalue weighted by Gasteiger charge is -2.11. The second-order valence-corrected chi connectivity index (χ2v) is 6.39. The van der Waals surface area contributed by atoms with Crippen molar-refractivity contribution in [3.63, 3.8) is 0 Å². The van der Waals surface area contributed by atoms with Crippen LogP contribution < -0.4 is 4.18 Å². The topological polar surface area (TPSA) is 43.4 Å². The zero-order valence-corrected chi connectivity index (χ0v) is 12.1. The standard InChI is InChI=1S/C11H6F3IO3S/c12-11(13,14)19(16,17)18-10-3-1-2-7-6-8(15)4-5-9(7)10/h1-6H. The van der Waals surface area contributed by atoms with Gasteiger partial charge in [0.25, 0.3) is 0 Å². The van der Waals surface area contributed by atoms with Crippen LogP contribution in [0.4, 0.5) is 13.2 Å². The van der Waals surface area contributed by atoms with Gasteiger partial charge in [-0.25, -0.2) is 0 Å². The molecule has 0 N–H and O–H groups in total. The summed E-state index contributed by atoms with van der Waals surface area (Å²) in [6.45, 7) is 0. The number of halogens is 4. The van der Waals surface area contributed by atoms with Crippen molar-refractivity contribution >= 4 is 43.5 Å². The lowest BCUT2D eigenvalue weighted by Crippen LogP contribution is -2.28. The van der Waals surface area contributed by atoms with Crippen molar-refractivity contribution in [2.75, 3.05) is 0 Å². The van der Waals surface area contributed by atoms with E-state index in [0.717, 1.165) is 3.57 Å². The zero-order chi connectivity index (χ0) is 14.3. The quantitative estimate of drug-likeness (QED) is 0.438. The van der Waals surface area contributed by atoms with Gasteiger partial charge in [-0.3, -0.25) is 0 Å². The molecule has 2 aromatic rings. The molecule has 0 bridgehead atoms. The minimum absolute atomic E-state index is 0.302. The Morgan fingerprint density at radius 1 is 1.11 bits per heavy atom. The normalized spacial score (nSPS) is 12.6. The first-order chi connectivity index (χ1) is 8.71. The summed E-state index contributed by atoms with van der Waals surface area (Å²) in [5.74, 6) is -0.341. The molecule has 8 heteroatoms. The Hall–Kier alpha value is -1.03. The van der Waals surface area contributed by atoms with E-state index in [2.05, 4.69) is 4.18 Å². The lowest BCUT2D eigenvalue weighted by molar-refractivity contribution is -0.0499. The Morgan fingerprint density at radius 3 is 2.42 bits per heavy atom. The minimum Gasteiger partial charge on any atom is -0.375 e. The molecule has 19 heavy (non-hydrogen) atoms. The van der Waals surface area contributed by atoms with Crippen LogP contribution >= 0.6 is 22.6 Å². The van der Waals surface area contributed by atoms with Gasteiger partial charge in [-0.2, -0.15) is 21.6 Å². The van der Waals surface area contributed by atoms with Gasteiger partial charge in [-0.05, 0) is 52.2 Å². The number of rotatable bonds is 2. The molecule has 2 rings (SSSR count). The molecule has 102 valence electrons. The Bertz CT molecular complexity index is 726. The van der Waals surface area contributed by atoms with Gasteiger partial charge in [0.1, 0.15) is 0 Å². The van der Waals surface area contributed by atoms with Gasteiger partial charge in [0.05, 0.1) is 0 Å². The summed E-state index contributed by atoms with van der Waals surface area (Å²) in [6.07, 6.45) is 0. The third-order valence-corrected chi connectivity index (χ3v) is 3.92. The number of hydrogen-bond donors (Lipinski definition) is 0. The number of benzene rings is 2. The highest BCUT2D eigenvalue weighted by atomic mass is 127. The summed E-state index contributed by atoms with van der Waals surface area (Å²) in [7, 11) is -5.65. The SMILES string of the molecule is O=S(=O)(Oc1cccc2cc(I)ccc12)C(F)(F)F. The van der Waals surface area contributed by atoms with E-state index in [-0.39, 0.29) is 5.75 Å². The molecule has 0 fully saturated rings. The minimum atomic E-state index is -5.65. The highest BCUT2D eigenvalue weighted by Gasteiger charge is 2.48. The average Bonchev–Trinajstić information content (AvgIpc) is 2.26. The number of hydrogen-bond acceptors (Lipinski definition) is 3. The molecule has 0 aromatic heterocycles. The summed E-state index contributed by atoms with van der Waals surface area (Å²) in [4.78, 5) is 0. The maximum absolute atomic E-state index is 12.3. The third kappa shape index (κ3) is 2.94. The van der Waals surface area contributed by atoms with Crippen molar-refractivity contribution in [3.8, 4) is 5.75 Å². The van der Waals surface area contributed by atoms with Gasteiger partial charge in [0.15, 0.2) is 5.75 Å². The Morgan fingerprint density at radius 2 is 1.79 bits per heavy atom. The lowest BCUT2D eigenvalue weighted by atomic mass is 10.1. The monoisotopic (exact) mass is 402 g/mol. The fraction of sp³-hybridized carbons (Fsp3) is 0.0909. The van der Waals surface area contributed by atoms with Crippen LogP contribution in [0.3, 0.4) is 0 Å². The first-order valence-electron chi connectivity index (χ1n) is 4.90. The van der Waals surface area contributed by atoms with Gasteiger partial charge >= 0.3 is 15.6 Å². The Labute approximate surface area is 120 Å². The van der Waals surface area contributed by atoms with Gasteiger partial charge < -0.3 is 4.18 Å². The predicted octanol–water partition coefficient (Wildman–Crippen LogP) is 3.67.